The molecule has 2 aliphatic heterocycles. The smallest absolute Gasteiger partial charge is 0.338 e. The first-order valence-corrected chi connectivity index (χ1v) is 9.65. The zero-order valence-electron chi connectivity index (χ0n) is 16.5. The molecular formula is C22H21NO7. The van der Waals surface area contributed by atoms with Crippen LogP contribution < -0.4 is 19.1 Å². The SMILES string of the molecule is COc1cc(C(=O)OCC(=O)c2ccc(N3CCCC3=O)cc2)cc2c1OCCO2. The van der Waals surface area contributed by atoms with E-state index in [1.807, 2.05) is 0 Å². The van der Waals surface area contributed by atoms with Crippen LogP contribution >= 0.6 is 0 Å². The number of carbonyl (C=O) groups excluding carboxylic acids is 3. The first kappa shape index (κ1) is 19.8. The predicted molar refractivity (Wildman–Crippen MR) is 107 cm³/mol. The van der Waals surface area contributed by atoms with E-state index in [4.69, 9.17) is 18.9 Å². The Bertz CT molecular complexity index is 966. The summed E-state index contributed by atoms with van der Waals surface area (Å²) >= 11 is 0. The van der Waals surface area contributed by atoms with Crippen molar-refractivity contribution >= 4 is 23.3 Å². The van der Waals surface area contributed by atoms with Gasteiger partial charge in [-0.25, -0.2) is 4.79 Å². The maximum absolute atomic E-state index is 12.4. The molecule has 0 spiro atoms. The van der Waals surface area contributed by atoms with E-state index in [-0.39, 0.29) is 17.3 Å². The molecule has 2 aromatic rings. The van der Waals surface area contributed by atoms with Crippen molar-refractivity contribution in [2.75, 3.05) is 38.4 Å². The van der Waals surface area contributed by atoms with Gasteiger partial charge in [-0.3, -0.25) is 9.59 Å². The van der Waals surface area contributed by atoms with Gasteiger partial charge in [0.05, 0.1) is 12.7 Å². The van der Waals surface area contributed by atoms with E-state index in [0.29, 0.717) is 49.0 Å². The second-order valence-electron chi connectivity index (χ2n) is 6.90. The standard InChI is InChI=1S/C22H21NO7/c1-27-18-11-15(12-19-21(18)29-10-9-28-19)22(26)30-13-17(24)14-4-6-16(7-5-14)23-8-2-3-20(23)25/h4-7,11-12H,2-3,8-10,13H2,1H3. The Morgan fingerprint density at radius 1 is 1.07 bits per heavy atom. The molecule has 0 aromatic heterocycles. The molecule has 1 saturated heterocycles. The molecule has 4 rings (SSSR count). The molecule has 2 aromatic carbocycles. The lowest BCUT2D eigenvalue weighted by Gasteiger charge is -2.21. The minimum absolute atomic E-state index is 0.0814. The van der Waals surface area contributed by atoms with Gasteiger partial charge >= 0.3 is 5.97 Å². The van der Waals surface area contributed by atoms with Crippen LogP contribution in [-0.2, 0) is 9.53 Å². The van der Waals surface area contributed by atoms with Crippen LogP contribution in [0.2, 0.25) is 0 Å². The van der Waals surface area contributed by atoms with E-state index in [1.54, 1.807) is 29.2 Å². The van der Waals surface area contributed by atoms with E-state index in [2.05, 4.69) is 0 Å². The topological polar surface area (TPSA) is 91.4 Å². The van der Waals surface area contributed by atoms with Gasteiger partial charge in [0, 0.05) is 24.2 Å². The summed E-state index contributed by atoms with van der Waals surface area (Å²) in [4.78, 5) is 38.3. The van der Waals surface area contributed by atoms with Gasteiger partial charge in [-0.2, -0.15) is 0 Å². The molecule has 0 N–H and O–H groups in total. The van der Waals surface area contributed by atoms with Gasteiger partial charge in [0.15, 0.2) is 23.9 Å². The van der Waals surface area contributed by atoms with Crippen LogP contribution in [0, 0.1) is 0 Å². The molecule has 1 amide bonds. The fourth-order valence-corrected chi connectivity index (χ4v) is 3.44. The number of amides is 1. The van der Waals surface area contributed by atoms with Gasteiger partial charge in [0.2, 0.25) is 11.7 Å². The third-order valence-corrected chi connectivity index (χ3v) is 4.97. The van der Waals surface area contributed by atoms with Crippen LogP contribution in [0.4, 0.5) is 5.69 Å². The average molecular weight is 411 g/mol. The van der Waals surface area contributed by atoms with Gasteiger partial charge < -0.3 is 23.8 Å². The van der Waals surface area contributed by atoms with Crippen molar-refractivity contribution in [1.29, 1.82) is 0 Å². The molecule has 2 aliphatic rings. The second kappa shape index (κ2) is 8.44. The minimum atomic E-state index is -0.669. The number of esters is 1. The summed E-state index contributed by atoms with van der Waals surface area (Å²) in [6.07, 6.45) is 1.38. The molecule has 0 saturated carbocycles. The Hall–Kier alpha value is -3.55. The summed E-state index contributed by atoms with van der Waals surface area (Å²) in [6, 6.07) is 9.70. The highest BCUT2D eigenvalue weighted by atomic mass is 16.6. The number of hydrogen-bond acceptors (Lipinski definition) is 7. The van der Waals surface area contributed by atoms with Crippen LogP contribution in [0.15, 0.2) is 36.4 Å². The highest BCUT2D eigenvalue weighted by Crippen LogP contribution is 2.40. The van der Waals surface area contributed by atoms with Crippen molar-refractivity contribution in [2.45, 2.75) is 12.8 Å². The Morgan fingerprint density at radius 3 is 2.53 bits per heavy atom. The molecule has 0 unspecified atom stereocenters. The van der Waals surface area contributed by atoms with E-state index in [1.165, 1.54) is 19.2 Å². The Kier molecular flexibility index (Phi) is 5.56. The molecule has 156 valence electrons. The summed E-state index contributed by atoms with van der Waals surface area (Å²) < 4.78 is 21.4. The molecule has 8 nitrogen and oxygen atoms in total. The third kappa shape index (κ3) is 3.94. The molecule has 0 bridgehead atoms. The number of ketones is 1. The van der Waals surface area contributed by atoms with E-state index >= 15 is 0 Å². The highest BCUT2D eigenvalue weighted by Gasteiger charge is 2.23. The number of methoxy groups -OCH3 is 1. The van der Waals surface area contributed by atoms with Crippen molar-refractivity contribution in [3.63, 3.8) is 0 Å². The first-order valence-electron chi connectivity index (χ1n) is 9.65. The number of benzene rings is 2. The van der Waals surface area contributed by atoms with Crippen LogP contribution in [0.1, 0.15) is 33.6 Å². The van der Waals surface area contributed by atoms with E-state index < -0.39 is 12.6 Å². The van der Waals surface area contributed by atoms with Crippen LogP contribution in [0.25, 0.3) is 0 Å². The molecule has 0 radical (unpaired) electrons. The Morgan fingerprint density at radius 2 is 1.83 bits per heavy atom. The van der Waals surface area contributed by atoms with Gasteiger partial charge in [0.1, 0.15) is 13.2 Å². The average Bonchev–Trinajstić information content (AvgIpc) is 3.22. The van der Waals surface area contributed by atoms with Crippen molar-refractivity contribution < 1.29 is 33.3 Å². The minimum Gasteiger partial charge on any atom is -0.493 e. The second-order valence-corrected chi connectivity index (χ2v) is 6.90. The Labute approximate surface area is 173 Å². The first-order chi connectivity index (χ1) is 14.6. The van der Waals surface area contributed by atoms with Gasteiger partial charge in [-0.15, -0.1) is 0 Å². The molecule has 2 heterocycles. The molecule has 8 heteroatoms. The predicted octanol–water partition coefficient (Wildman–Crippen LogP) is 2.63. The number of Topliss-reactive ketones (excluding diaryl/α,β-unsaturated/α-hetero) is 1. The monoisotopic (exact) mass is 411 g/mol. The summed E-state index contributed by atoms with van der Waals surface area (Å²) in [5.41, 5.74) is 1.36. The van der Waals surface area contributed by atoms with Crippen molar-refractivity contribution in [3.05, 3.63) is 47.5 Å². The fraction of sp³-hybridized carbons (Fsp3) is 0.318. The van der Waals surface area contributed by atoms with E-state index in [9.17, 15) is 14.4 Å². The summed E-state index contributed by atoms with van der Waals surface area (Å²) in [7, 11) is 1.46. The van der Waals surface area contributed by atoms with Gasteiger partial charge in [0.25, 0.3) is 0 Å². The molecule has 0 aliphatic carbocycles. The lowest BCUT2D eigenvalue weighted by Crippen LogP contribution is -2.23. The lowest BCUT2D eigenvalue weighted by molar-refractivity contribution is -0.117. The van der Waals surface area contributed by atoms with Gasteiger partial charge in [-0.05, 0) is 42.8 Å². The fourth-order valence-electron chi connectivity index (χ4n) is 3.44. The molecule has 0 atom stereocenters. The van der Waals surface area contributed by atoms with E-state index in [0.717, 1.165) is 12.1 Å². The molecule has 30 heavy (non-hydrogen) atoms. The number of hydrogen-bond donors (Lipinski definition) is 0. The number of carbonyl (C=O) groups is 3. The third-order valence-electron chi connectivity index (χ3n) is 4.97. The van der Waals surface area contributed by atoms with Crippen LogP contribution in [0.5, 0.6) is 17.2 Å². The number of rotatable bonds is 6. The highest BCUT2D eigenvalue weighted by molar-refractivity contribution is 6.00. The summed E-state index contributed by atoms with van der Waals surface area (Å²) in [5.74, 6) is 0.263. The van der Waals surface area contributed by atoms with Crippen molar-refractivity contribution in [3.8, 4) is 17.2 Å². The van der Waals surface area contributed by atoms with Crippen molar-refractivity contribution in [1.82, 2.24) is 0 Å². The summed E-state index contributed by atoms with van der Waals surface area (Å²) in [5, 5.41) is 0. The summed E-state index contributed by atoms with van der Waals surface area (Å²) in [6.45, 7) is 1.04. The number of nitrogens with zero attached hydrogens (tertiary/aromatic N) is 1. The quantitative estimate of drug-likeness (QED) is 0.533. The normalized spacial score (nSPS) is 15.1. The number of ether oxygens (including phenoxy) is 4. The number of fused-ring (bicyclic) bond motifs is 1. The molecule has 1 fully saturated rings. The molecular weight excluding hydrogens is 390 g/mol. The maximum Gasteiger partial charge on any atom is 0.338 e. The van der Waals surface area contributed by atoms with Gasteiger partial charge in [-0.1, -0.05) is 0 Å². The van der Waals surface area contributed by atoms with Crippen LogP contribution in [0.3, 0.4) is 0 Å². The largest absolute Gasteiger partial charge is 0.493 e. The zero-order chi connectivity index (χ0) is 21.1. The van der Waals surface area contributed by atoms with Crippen LogP contribution in [-0.4, -0.2) is 51.1 Å². The number of anilines is 1. The maximum atomic E-state index is 12.4. The Balaban J connectivity index is 1.40. The zero-order valence-corrected chi connectivity index (χ0v) is 16.5. The lowest BCUT2D eigenvalue weighted by atomic mass is 10.1. The van der Waals surface area contributed by atoms with Crippen molar-refractivity contribution in [2.24, 2.45) is 0 Å².